The highest BCUT2D eigenvalue weighted by Crippen LogP contribution is 2.27. The topological polar surface area (TPSA) is 50.2 Å². The number of aldehydes is 1. The molecule has 0 saturated heterocycles. The van der Waals surface area contributed by atoms with Crippen molar-refractivity contribution in [2.24, 2.45) is 0 Å². The highest BCUT2D eigenvalue weighted by atomic mass is 19.2. The van der Waals surface area contributed by atoms with Gasteiger partial charge in [-0.05, 0) is 12.1 Å². The molecule has 0 radical (unpaired) electrons. The number of hydrogen-bond donors (Lipinski definition) is 1. The fourth-order valence-corrected chi connectivity index (χ4v) is 1.43. The van der Waals surface area contributed by atoms with Gasteiger partial charge < -0.3 is 5.11 Å². The molecule has 86 valence electrons. The lowest BCUT2D eigenvalue weighted by molar-refractivity contribution is 0.111. The van der Waals surface area contributed by atoms with Gasteiger partial charge in [0.25, 0.3) is 0 Å². The Labute approximate surface area is 95.4 Å². The van der Waals surface area contributed by atoms with Crippen molar-refractivity contribution in [1.29, 1.82) is 0 Å². The number of aromatic nitrogens is 1. The third-order valence-electron chi connectivity index (χ3n) is 2.27. The molecular weight excluding hydrogens is 228 g/mol. The summed E-state index contributed by atoms with van der Waals surface area (Å²) in [5.41, 5.74) is 0.0286. The van der Waals surface area contributed by atoms with Gasteiger partial charge in [0, 0.05) is 17.3 Å². The quantitative estimate of drug-likeness (QED) is 0.814. The first kappa shape index (κ1) is 11.2. The van der Waals surface area contributed by atoms with Gasteiger partial charge >= 0.3 is 0 Å². The summed E-state index contributed by atoms with van der Waals surface area (Å²) >= 11 is 0. The first-order valence-electron chi connectivity index (χ1n) is 4.72. The monoisotopic (exact) mass is 235 g/mol. The number of aromatic hydroxyl groups is 1. The van der Waals surface area contributed by atoms with Crippen molar-refractivity contribution in [3.63, 3.8) is 0 Å². The molecule has 1 heterocycles. The van der Waals surface area contributed by atoms with Crippen molar-refractivity contribution in [2.75, 3.05) is 0 Å². The minimum Gasteiger partial charge on any atom is -0.506 e. The van der Waals surface area contributed by atoms with Crippen LogP contribution in [0.1, 0.15) is 10.5 Å². The van der Waals surface area contributed by atoms with Crippen molar-refractivity contribution in [1.82, 2.24) is 4.98 Å². The molecule has 1 aromatic carbocycles. The zero-order chi connectivity index (χ0) is 12.4. The number of rotatable bonds is 2. The third-order valence-corrected chi connectivity index (χ3v) is 2.27. The van der Waals surface area contributed by atoms with E-state index in [4.69, 9.17) is 0 Å². The number of pyridine rings is 1. The lowest BCUT2D eigenvalue weighted by Crippen LogP contribution is -1.92. The van der Waals surface area contributed by atoms with E-state index in [1.54, 1.807) is 0 Å². The van der Waals surface area contributed by atoms with Gasteiger partial charge in [0.15, 0.2) is 17.9 Å². The zero-order valence-corrected chi connectivity index (χ0v) is 8.52. The first-order valence-corrected chi connectivity index (χ1v) is 4.72. The van der Waals surface area contributed by atoms with Crippen LogP contribution in [0.25, 0.3) is 11.1 Å². The van der Waals surface area contributed by atoms with Gasteiger partial charge in [-0.3, -0.25) is 4.79 Å². The maximum atomic E-state index is 13.4. The number of nitrogens with zero attached hydrogens (tertiary/aromatic N) is 1. The van der Waals surface area contributed by atoms with E-state index in [1.807, 2.05) is 0 Å². The Morgan fingerprint density at radius 1 is 1.29 bits per heavy atom. The largest absolute Gasteiger partial charge is 0.506 e. The number of carbonyl (C=O) groups excluding carboxylic acids is 1. The summed E-state index contributed by atoms with van der Waals surface area (Å²) in [6.45, 7) is 0. The smallest absolute Gasteiger partial charge is 0.172 e. The highest BCUT2D eigenvalue weighted by Gasteiger charge is 2.11. The lowest BCUT2D eigenvalue weighted by Gasteiger charge is -2.05. The van der Waals surface area contributed by atoms with Crippen molar-refractivity contribution in [3.05, 3.63) is 47.8 Å². The fourth-order valence-electron chi connectivity index (χ4n) is 1.43. The Morgan fingerprint density at radius 3 is 2.71 bits per heavy atom. The molecule has 2 aromatic rings. The molecule has 2 rings (SSSR count). The van der Waals surface area contributed by atoms with Crippen molar-refractivity contribution in [3.8, 4) is 16.9 Å². The summed E-state index contributed by atoms with van der Waals surface area (Å²) in [4.78, 5) is 14.1. The summed E-state index contributed by atoms with van der Waals surface area (Å²) < 4.78 is 26.4. The second-order valence-corrected chi connectivity index (χ2v) is 3.35. The SMILES string of the molecule is O=Cc1ncc(-c2cccc(F)c2F)cc1O. The Morgan fingerprint density at radius 2 is 2.06 bits per heavy atom. The molecule has 0 fully saturated rings. The van der Waals surface area contributed by atoms with E-state index in [0.29, 0.717) is 6.29 Å². The number of halogens is 2. The van der Waals surface area contributed by atoms with Crippen LogP contribution in [0, 0.1) is 11.6 Å². The molecule has 1 aromatic heterocycles. The minimum atomic E-state index is -1.02. The maximum absolute atomic E-state index is 13.4. The molecule has 5 heteroatoms. The zero-order valence-electron chi connectivity index (χ0n) is 8.52. The highest BCUT2D eigenvalue weighted by molar-refractivity contribution is 5.78. The maximum Gasteiger partial charge on any atom is 0.172 e. The summed E-state index contributed by atoms with van der Waals surface area (Å²) in [6.07, 6.45) is 1.57. The van der Waals surface area contributed by atoms with Crippen LogP contribution in [0.15, 0.2) is 30.5 Å². The van der Waals surface area contributed by atoms with Gasteiger partial charge in [0.1, 0.15) is 11.4 Å². The Balaban J connectivity index is 2.57. The second kappa shape index (κ2) is 4.29. The van der Waals surface area contributed by atoms with Gasteiger partial charge in [-0.1, -0.05) is 12.1 Å². The van der Waals surface area contributed by atoms with Crippen LogP contribution < -0.4 is 0 Å². The van der Waals surface area contributed by atoms with Crippen LogP contribution in [0.3, 0.4) is 0 Å². The summed E-state index contributed by atoms with van der Waals surface area (Å²) in [5.74, 6) is -2.38. The predicted molar refractivity (Wildman–Crippen MR) is 56.6 cm³/mol. The van der Waals surface area contributed by atoms with E-state index >= 15 is 0 Å². The number of hydrogen-bond acceptors (Lipinski definition) is 3. The molecule has 0 aliphatic rings. The van der Waals surface area contributed by atoms with Gasteiger partial charge in [0.2, 0.25) is 0 Å². The van der Waals surface area contributed by atoms with Crippen LogP contribution in [0.2, 0.25) is 0 Å². The van der Waals surface area contributed by atoms with E-state index in [-0.39, 0.29) is 22.6 Å². The van der Waals surface area contributed by atoms with Crippen molar-refractivity contribution >= 4 is 6.29 Å². The lowest BCUT2D eigenvalue weighted by atomic mass is 10.1. The second-order valence-electron chi connectivity index (χ2n) is 3.35. The standard InChI is InChI=1S/C12H7F2NO2/c13-9-3-1-2-8(12(9)14)7-4-11(17)10(6-16)15-5-7/h1-6,17H. The van der Waals surface area contributed by atoms with E-state index in [1.165, 1.54) is 18.3 Å². The molecule has 0 atom stereocenters. The molecule has 0 aliphatic carbocycles. The van der Waals surface area contributed by atoms with Crippen LogP contribution in [-0.4, -0.2) is 16.4 Å². The third kappa shape index (κ3) is 1.99. The van der Waals surface area contributed by atoms with Crippen LogP contribution in [0.5, 0.6) is 5.75 Å². The molecule has 0 amide bonds. The number of carbonyl (C=O) groups is 1. The van der Waals surface area contributed by atoms with Gasteiger partial charge in [-0.15, -0.1) is 0 Å². The first-order chi connectivity index (χ1) is 8.13. The van der Waals surface area contributed by atoms with Gasteiger partial charge in [0.05, 0.1) is 0 Å². The van der Waals surface area contributed by atoms with Crippen molar-refractivity contribution in [2.45, 2.75) is 0 Å². The molecule has 1 N–H and O–H groups in total. The average molecular weight is 235 g/mol. The Bertz CT molecular complexity index is 585. The summed E-state index contributed by atoms with van der Waals surface area (Å²) in [6, 6.07) is 4.86. The minimum absolute atomic E-state index is 0.0229. The van der Waals surface area contributed by atoms with E-state index in [0.717, 1.165) is 12.1 Å². The number of benzene rings is 1. The van der Waals surface area contributed by atoms with E-state index < -0.39 is 11.6 Å². The normalized spacial score (nSPS) is 10.2. The fraction of sp³-hybridized carbons (Fsp3) is 0. The summed E-state index contributed by atoms with van der Waals surface area (Å²) in [7, 11) is 0. The van der Waals surface area contributed by atoms with Gasteiger partial charge in [-0.25, -0.2) is 13.8 Å². The van der Waals surface area contributed by atoms with Crippen LogP contribution >= 0.6 is 0 Å². The molecule has 17 heavy (non-hydrogen) atoms. The average Bonchev–Trinajstić information content (AvgIpc) is 2.32. The van der Waals surface area contributed by atoms with Crippen LogP contribution in [-0.2, 0) is 0 Å². The van der Waals surface area contributed by atoms with E-state index in [2.05, 4.69) is 4.98 Å². The van der Waals surface area contributed by atoms with Crippen molar-refractivity contribution < 1.29 is 18.7 Å². The van der Waals surface area contributed by atoms with Crippen LogP contribution in [0.4, 0.5) is 8.78 Å². The molecule has 3 nitrogen and oxygen atoms in total. The van der Waals surface area contributed by atoms with Gasteiger partial charge in [-0.2, -0.15) is 0 Å². The molecule has 0 spiro atoms. The summed E-state index contributed by atoms with van der Waals surface area (Å²) in [5, 5.41) is 9.40. The predicted octanol–water partition coefficient (Wildman–Crippen LogP) is 2.54. The molecular formula is C12H7F2NO2. The molecule has 0 bridgehead atoms. The Hall–Kier alpha value is -2.30. The molecule has 0 saturated carbocycles. The Kier molecular flexibility index (Phi) is 2.82. The molecule has 0 unspecified atom stereocenters. The van der Waals surface area contributed by atoms with E-state index in [9.17, 15) is 18.7 Å². The molecule has 0 aliphatic heterocycles.